The van der Waals surface area contributed by atoms with Crippen LogP contribution >= 0.6 is 11.8 Å². The van der Waals surface area contributed by atoms with Gasteiger partial charge in [0.15, 0.2) is 5.17 Å². The normalized spacial score (nSPS) is 16.0. The topological polar surface area (TPSA) is 89.1 Å². The molecule has 0 aromatic heterocycles. The molecule has 2 aromatic rings. The van der Waals surface area contributed by atoms with Crippen molar-refractivity contribution in [3.8, 4) is 11.5 Å². The van der Waals surface area contributed by atoms with Gasteiger partial charge >= 0.3 is 0 Å². The number of hydrogen-bond donors (Lipinski definition) is 2. The summed E-state index contributed by atoms with van der Waals surface area (Å²) in [4.78, 5) is 11.0. The summed E-state index contributed by atoms with van der Waals surface area (Å²) in [6.45, 7) is 0. The van der Waals surface area contributed by atoms with Gasteiger partial charge in [-0.05, 0) is 42.0 Å². The Balaban J connectivity index is 1.67. The highest BCUT2D eigenvalue weighted by atomic mass is 32.2. The molecule has 1 aliphatic rings. The first-order valence-corrected chi connectivity index (χ1v) is 7.85. The number of amidine groups is 1. The Morgan fingerprint density at radius 3 is 2.74 bits per heavy atom. The number of ether oxygens (including phenoxy) is 1. The Hall–Kier alpha value is -2.80. The van der Waals surface area contributed by atoms with Gasteiger partial charge in [0.05, 0.1) is 12.0 Å². The second-order valence-electron chi connectivity index (χ2n) is 4.73. The van der Waals surface area contributed by atoms with Crippen LogP contribution in [-0.4, -0.2) is 23.0 Å². The molecule has 23 heavy (non-hydrogen) atoms. The standard InChI is InChI=1S/C16H14N4O2S/c17-12-4-6-13(7-5-12)22-14-3-1-2-11(8-14)9-18-20-16-19-15(21)10-23-16/h1-9H,10,17H2,(H,19,20,21). The monoisotopic (exact) mass is 326 g/mol. The predicted octanol–water partition coefficient (Wildman–Crippen LogP) is 2.61. The number of nitrogens with zero attached hydrogens (tertiary/aromatic N) is 2. The van der Waals surface area contributed by atoms with Crippen molar-refractivity contribution in [2.75, 3.05) is 11.5 Å². The third-order valence-corrected chi connectivity index (χ3v) is 3.78. The number of benzene rings is 2. The first-order valence-electron chi connectivity index (χ1n) is 6.86. The summed E-state index contributed by atoms with van der Waals surface area (Å²) in [6, 6.07) is 14.6. The van der Waals surface area contributed by atoms with E-state index in [-0.39, 0.29) is 5.91 Å². The lowest BCUT2D eigenvalue weighted by atomic mass is 10.2. The fraction of sp³-hybridized carbons (Fsp3) is 0.0625. The molecule has 0 unspecified atom stereocenters. The van der Waals surface area contributed by atoms with Gasteiger partial charge in [0.25, 0.3) is 0 Å². The average molecular weight is 326 g/mol. The molecule has 0 aliphatic carbocycles. The second-order valence-corrected chi connectivity index (χ2v) is 5.69. The molecule has 1 fully saturated rings. The molecule has 0 saturated carbocycles. The Morgan fingerprint density at radius 2 is 2.00 bits per heavy atom. The van der Waals surface area contributed by atoms with E-state index in [0.29, 0.717) is 28.1 Å². The van der Waals surface area contributed by atoms with Gasteiger partial charge in [-0.2, -0.15) is 5.10 Å². The van der Waals surface area contributed by atoms with Crippen molar-refractivity contribution >= 4 is 34.7 Å². The minimum absolute atomic E-state index is 0.0529. The van der Waals surface area contributed by atoms with Crippen molar-refractivity contribution in [1.82, 2.24) is 5.32 Å². The predicted molar refractivity (Wildman–Crippen MR) is 93.0 cm³/mol. The highest BCUT2D eigenvalue weighted by Crippen LogP contribution is 2.22. The SMILES string of the molecule is Nc1ccc(Oc2cccc(C=NN=C3NC(=O)CS3)c2)cc1. The lowest BCUT2D eigenvalue weighted by molar-refractivity contribution is -0.116. The van der Waals surface area contributed by atoms with E-state index in [4.69, 9.17) is 10.5 Å². The zero-order chi connectivity index (χ0) is 16.1. The molecule has 116 valence electrons. The van der Waals surface area contributed by atoms with Gasteiger partial charge in [-0.25, -0.2) is 0 Å². The number of rotatable bonds is 4. The molecule has 1 saturated heterocycles. The maximum atomic E-state index is 11.0. The first kappa shape index (κ1) is 15.1. The summed E-state index contributed by atoms with van der Waals surface area (Å²) in [5.41, 5.74) is 7.18. The van der Waals surface area contributed by atoms with Crippen LogP contribution in [0.15, 0.2) is 58.7 Å². The van der Waals surface area contributed by atoms with Crippen molar-refractivity contribution in [1.29, 1.82) is 0 Å². The van der Waals surface area contributed by atoms with Crippen LogP contribution in [0.4, 0.5) is 5.69 Å². The van der Waals surface area contributed by atoms with Crippen LogP contribution in [0.25, 0.3) is 0 Å². The van der Waals surface area contributed by atoms with E-state index < -0.39 is 0 Å². The molecule has 7 heteroatoms. The summed E-state index contributed by atoms with van der Waals surface area (Å²) in [6.07, 6.45) is 1.61. The number of anilines is 1. The molecular formula is C16H14N4O2S. The summed E-state index contributed by atoms with van der Waals surface area (Å²) in [7, 11) is 0. The quantitative estimate of drug-likeness (QED) is 0.513. The molecule has 6 nitrogen and oxygen atoms in total. The fourth-order valence-electron chi connectivity index (χ4n) is 1.86. The van der Waals surface area contributed by atoms with Gasteiger partial charge in [0, 0.05) is 5.69 Å². The Labute approximate surface area is 137 Å². The largest absolute Gasteiger partial charge is 0.457 e. The number of carbonyl (C=O) groups is 1. The van der Waals surface area contributed by atoms with Crippen molar-refractivity contribution < 1.29 is 9.53 Å². The molecule has 0 spiro atoms. The van der Waals surface area contributed by atoms with E-state index in [1.54, 1.807) is 18.3 Å². The van der Waals surface area contributed by atoms with Crippen molar-refractivity contribution in [3.05, 3.63) is 54.1 Å². The minimum Gasteiger partial charge on any atom is -0.457 e. The average Bonchev–Trinajstić information content (AvgIpc) is 2.96. The molecule has 1 aliphatic heterocycles. The number of hydrogen-bond acceptors (Lipinski definition) is 6. The van der Waals surface area contributed by atoms with Crippen LogP contribution in [0.5, 0.6) is 11.5 Å². The number of thioether (sulfide) groups is 1. The zero-order valence-electron chi connectivity index (χ0n) is 12.1. The molecule has 1 amide bonds. The van der Waals surface area contributed by atoms with Crippen LogP contribution < -0.4 is 15.8 Å². The molecule has 3 rings (SSSR count). The number of nitrogen functional groups attached to an aromatic ring is 1. The second kappa shape index (κ2) is 6.97. The van der Waals surface area contributed by atoms with Gasteiger partial charge in [0.1, 0.15) is 11.5 Å². The summed E-state index contributed by atoms with van der Waals surface area (Å²) in [5.74, 6) is 1.73. The number of nitrogens with two attached hydrogens (primary N) is 1. The number of amides is 1. The third kappa shape index (κ3) is 4.33. The highest BCUT2D eigenvalue weighted by Gasteiger charge is 2.15. The van der Waals surface area contributed by atoms with Crippen molar-refractivity contribution in [2.24, 2.45) is 10.2 Å². The van der Waals surface area contributed by atoms with Crippen LogP contribution in [0.2, 0.25) is 0 Å². The van der Waals surface area contributed by atoms with E-state index in [1.807, 2.05) is 36.4 Å². The minimum atomic E-state index is -0.0529. The van der Waals surface area contributed by atoms with Crippen molar-refractivity contribution in [2.45, 2.75) is 0 Å². The summed E-state index contributed by atoms with van der Waals surface area (Å²) >= 11 is 1.33. The Morgan fingerprint density at radius 1 is 1.17 bits per heavy atom. The third-order valence-electron chi connectivity index (χ3n) is 2.92. The Bertz CT molecular complexity index is 772. The highest BCUT2D eigenvalue weighted by molar-refractivity contribution is 8.15. The lowest BCUT2D eigenvalue weighted by Crippen LogP contribution is -2.19. The van der Waals surface area contributed by atoms with Gasteiger partial charge < -0.3 is 15.8 Å². The molecule has 2 aromatic carbocycles. The van der Waals surface area contributed by atoms with E-state index >= 15 is 0 Å². The van der Waals surface area contributed by atoms with Gasteiger partial charge in [-0.1, -0.05) is 23.9 Å². The lowest BCUT2D eigenvalue weighted by Gasteiger charge is -2.06. The van der Waals surface area contributed by atoms with E-state index in [0.717, 1.165) is 5.56 Å². The van der Waals surface area contributed by atoms with Gasteiger partial charge in [-0.15, -0.1) is 5.10 Å². The fourth-order valence-corrected chi connectivity index (χ4v) is 2.49. The number of carbonyl (C=O) groups excluding carboxylic acids is 1. The summed E-state index contributed by atoms with van der Waals surface area (Å²) < 4.78 is 5.75. The smallest absolute Gasteiger partial charge is 0.236 e. The molecule has 0 radical (unpaired) electrons. The Kier molecular flexibility index (Phi) is 4.58. The van der Waals surface area contributed by atoms with Gasteiger partial charge in [-0.3, -0.25) is 4.79 Å². The molecule has 1 heterocycles. The van der Waals surface area contributed by atoms with Crippen molar-refractivity contribution in [3.63, 3.8) is 0 Å². The number of nitrogens with one attached hydrogen (secondary N) is 1. The summed E-state index contributed by atoms with van der Waals surface area (Å²) in [5, 5.41) is 11.1. The maximum absolute atomic E-state index is 11.0. The van der Waals surface area contributed by atoms with Crippen LogP contribution in [0, 0.1) is 0 Å². The first-order chi connectivity index (χ1) is 11.2. The molecule has 3 N–H and O–H groups in total. The zero-order valence-corrected chi connectivity index (χ0v) is 12.9. The van der Waals surface area contributed by atoms with E-state index in [2.05, 4.69) is 15.5 Å². The molecule has 0 atom stereocenters. The van der Waals surface area contributed by atoms with Crippen LogP contribution in [0.3, 0.4) is 0 Å². The van der Waals surface area contributed by atoms with Crippen LogP contribution in [0.1, 0.15) is 5.56 Å². The van der Waals surface area contributed by atoms with Crippen LogP contribution in [-0.2, 0) is 4.79 Å². The molecular weight excluding hydrogens is 312 g/mol. The van der Waals surface area contributed by atoms with E-state index in [9.17, 15) is 4.79 Å². The maximum Gasteiger partial charge on any atom is 0.236 e. The van der Waals surface area contributed by atoms with E-state index in [1.165, 1.54) is 11.8 Å². The molecule has 0 bridgehead atoms. The van der Waals surface area contributed by atoms with Gasteiger partial charge in [0.2, 0.25) is 5.91 Å².